The molecule has 0 fully saturated rings. The molecule has 0 N–H and O–H groups in total. The first-order valence-electron chi connectivity index (χ1n) is 13.0. The van der Waals surface area contributed by atoms with E-state index in [9.17, 15) is 22.0 Å². The molecule has 1 atom stereocenters. The summed E-state index contributed by atoms with van der Waals surface area (Å²) in [6.07, 6.45) is 0.408. The molecule has 0 radical (unpaired) electrons. The Hall–Kier alpha value is -4.02. The van der Waals surface area contributed by atoms with Crippen molar-refractivity contribution in [2.75, 3.05) is 24.5 Å². The van der Waals surface area contributed by atoms with Gasteiger partial charge in [-0.2, -0.15) is 0 Å². The van der Waals surface area contributed by atoms with E-state index in [0.717, 1.165) is 28.6 Å². The van der Waals surface area contributed by atoms with Gasteiger partial charge in [0.05, 0.1) is 23.2 Å². The number of benzene rings is 4. The number of nitrogens with zero attached hydrogens (tertiary/aromatic N) is 2. The molecule has 1 unspecified atom stereocenters. The van der Waals surface area contributed by atoms with E-state index in [1.807, 2.05) is 0 Å². The zero-order chi connectivity index (χ0) is 30.4. The number of sulfonamides is 1. The van der Waals surface area contributed by atoms with Crippen molar-refractivity contribution in [3.05, 3.63) is 125 Å². The van der Waals surface area contributed by atoms with Crippen LogP contribution in [0, 0.1) is 17.5 Å². The van der Waals surface area contributed by atoms with Crippen LogP contribution in [0.15, 0.2) is 95.9 Å². The second-order valence-electron chi connectivity index (χ2n) is 9.50. The summed E-state index contributed by atoms with van der Waals surface area (Å²) < 4.78 is 77.4. The maximum Gasteiger partial charge on any atom is 0.264 e. The first-order chi connectivity index (χ1) is 20.0. The van der Waals surface area contributed by atoms with Crippen molar-refractivity contribution in [1.29, 1.82) is 0 Å². The molecule has 11 heteroatoms. The predicted octanol–water partition coefficient (Wildman–Crippen LogP) is 7.25. The molecular weight excluding hydrogens is 589 g/mol. The van der Waals surface area contributed by atoms with E-state index in [4.69, 9.17) is 16.3 Å². The highest BCUT2D eigenvalue weighted by Gasteiger charge is 2.34. The van der Waals surface area contributed by atoms with Crippen LogP contribution in [0.3, 0.4) is 0 Å². The highest BCUT2D eigenvalue weighted by atomic mass is 35.5. The third kappa shape index (κ3) is 7.06. The standard InChI is InChI=1S/C31H28ClF3N2O4S/c1-21(37(29-20-25(34)13-16-28(29)35)42(39,40)26-14-11-23(32)12-15-26)27-9-3-4-10-30(27)41-18-6-17-36(2)31(38)22-7-5-8-24(33)19-22/h3-5,7-16,19-21H,6,17-18H2,1-2H3. The van der Waals surface area contributed by atoms with Crippen LogP contribution in [-0.2, 0) is 10.0 Å². The third-order valence-corrected chi connectivity index (χ3v) is 8.70. The van der Waals surface area contributed by atoms with Gasteiger partial charge in [-0.05, 0) is 74.0 Å². The molecule has 0 saturated carbocycles. The monoisotopic (exact) mass is 616 g/mol. The number of para-hydroxylation sites is 1. The van der Waals surface area contributed by atoms with Gasteiger partial charge in [0, 0.05) is 35.8 Å². The number of amides is 1. The molecule has 0 heterocycles. The van der Waals surface area contributed by atoms with Crippen molar-refractivity contribution in [2.24, 2.45) is 0 Å². The molecule has 1 amide bonds. The molecule has 0 aliphatic carbocycles. The number of anilines is 1. The topological polar surface area (TPSA) is 66.9 Å². The van der Waals surface area contributed by atoms with Gasteiger partial charge in [0.15, 0.2) is 0 Å². The molecule has 0 saturated heterocycles. The number of halogens is 4. The summed E-state index contributed by atoms with van der Waals surface area (Å²) in [7, 11) is -2.81. The van der Waals surface area contributed by atoms with Crippen molar-refractivity contribution in [1.82, 2.24) is 4.90 Å². The molecule has 0 bridgehead atoms. The Morgan fingerprint density at radius 1 is 0.905 bits per heavy atom. The Morgan fingerprint density at radius 3 is 2.31 bits per heavy atom. The normalized spacial score (nSPS) is 12.0. The summed E-state index contributed by atoms with van der Waals surface area (Å²) in [5, 5.41) is 0.313. The minimum atomic E-state index is -4.41. The van der Waals surface area contributed by atoms with Crippen molar-refractivity contribution in [2.45, 2.75) is 24.3 Å². The summed E-state index contributed by atoms with van der Waals surface area (Å²) >= 11 is 5.95. The number of hydrogen-bond donors (Lipinski definition) is 0. The summed E-state index contributed by atoms with van der Waals surface area (Å²) in [5.74, 6) is -2.25. The molecule has 6 nitrogen and oxygen atoms in total. The van der Waals surface area contributed by atoms with Crippen LogP contribution in [0.25, 0.3) is 0 Å². The molecule has 4 rings (SSSR count). The molecule has 220 valence electrons. The first-order valence-corrected chi connectivity index (χ1v) is 14.8. The molecule has 0 aliphatic rings. The van der Waals surface area contributed by atoms with Gasteiger partial charge >= 0.3 is 0 Å². The molecule has 0 aromatic heterocycles. The average molecular weight is 617 g/mol. The van der Waals surface area contributed by atoms with Gasteiger partial charge in [-0.15, -0.1) is 0 Å². The predicted molar refractivity (Wildman–Crippen MR) is 156 cm³/mol. The van der Waals surface area contributed by atoms with E-state index >= 15 is 4.39 Å². The Bertz CT molecular complexity index is 1670. The van der Waals surface area contributed by atoms with Crippen LogP contribution in [-0.4, -0.2) is 39.4 Å². The van der Waals surface area contributed by atoms with E-state index < -0.39 is 39.2 Å². The van der Waals surface area contributed by atoms with Gasteiger partial charge < -0.3 is 9.64 Å². The van der Waals surface area contributed by atoms with Gasteiger partial charge in [-0.25, -0.2) is 21.6 Å². The van der Waals surface area contributed by atoms with Crippen molar-refractivity contribution < 1.29 is 31.1 Å². The SMILES string of the molecule is CC(c1ccccc1OCCCN(C)C(=O)c1cccc(F)c1)N(c1cc(F)ccc1F)S(=O)(=O)c1ccc(Cl)cc1. The van der Waals surface area contributed by atoms with Crippen LogP contribution < -0.4 is 9.04 Å². The zero-order valence-electron chi connectivity index (χ0n) is 22.8. The molecule has 4 aromatic carbocycles. The van der Waals surface area contributed by atoms with Gasteiger partial charge in [0.25, 0.3) is 15.9 Å². The summed E-state index contributed by atoms with van der Waals surface area (Å²) in [5.41, 5.74) is 0.164. The van der Waals surface area contributed by atoms with E-state index in [1.54, 1.807) is 38.2 Å². The lowest BCUT2D eigenvalue weighted by Gasteiger charge is -2.32. The lowest BCUT2D eigenvalue weighted by Crippen LogP contribution is -2.34. The maximum absolute atomic E-state index is 15.1. The molecule has 42 heavy (non-hydrogen) atoms. The quantitative estimate of drug-likeness (QED) is 0.166. The van der Waals surface area contributed by atoms with Crippen molar-refractivity contribution in [3.63, 3.8) is 0 Å². The first kappa shape index (κ1) is 30.9. The summed E-state index contributed by atoms with van der Waals surface area (Å²) in [4.78, 5) is 13.9. The fourth-order valence-corrected chi connectivity index (χ4v) is 6.19. The van der Waals surface area contributed by atoms with E-state index in [1.165, 1.54) is 47.4 Å². The summed E-state index contributed by atoms with van der Waals surface area (Å²) in [6, 6.07) is 19.0. The smallest absolute Gasteiger partial charge is 0.264 e. The van der Waals surface area contributed by atoms with Crippen molar-refractivity contribution >= 4 is 33.2 Å². The van der Waals surface area contributed by atoms with Crippen LogP contribution in [0.2, 0.25) is 5.02 Å². The second kappa shape index (κ2) is 13.3. The number of ether oxygens (including phenoxy) is 1. The van der Waals surface area contributed by atoms with E-state index in [0.29, 0.717) is 29.3 Å². The van der Waals surface area contributed by atoms with E-state index in [-0.39, 0.29) is 23.0 Å². The maximum atomic E-state index is 15.1. The number of carbonyl (C=O) groups excluding carboxylic acids is 1. The average Bonchev–Trinajstić information content (AvgIpc) is 2.97. The van der Waals surface area contributed by atoms with Crippen LogP contribution in [0.4, 0.5) is 18.9 Å². The van der Waals surface area contributed by atoms with Gasteiger partial charge in [0.1, 0.15) is 23.2 Å². The molecule has 0 aliphatic heterocycles. The Morgan fingerprint density at radius 2 is 1.60 bits per heavy atom. The largest absolute Gasteiger partial charge is 0.493 e. The highest BCUT2D eigenvalue weighted by Crippen LogP contribution is 2.38. The second-order valence-corrected chi connectivity index (χ2v) is 11.8. The third-order valence-electron chi connectivity index (χ3n) is 6.55. The van der Waals surface area contributed by atoms with Crippen LogP contribution in [0.1, 0.15) is 35.3 Å². The fourth-order valence-electron chi connectivity index (χ4n) is 4.43. The molecule has 4 aromatic rings. The highest BCUT2D eigenvalue weighted by molar-refractivity contribution is 7.92. The van der Waals surface area contributed by atoms with Crippen LogP contribution >= 0.6 is 11.6 Å². The number of carbonyl (C=O) groups is 1. The lowest BCUT2D eigenvalue weighted by atomic mass is 10.1. The number of hydrogen-bond acceptors (Lipinski definition) is 4. The van der Waals surface area contributed by atoms with Crippen LogP contribution in [0.5, 0.6) is 5.75 Å². The Labute approximate surface area is 248 Å². The Balaban J connectivity index is 1.57. The molecule has 0 spiro atoms. The minimum Gasteiger partial charge on any atom is -0.493 e. The molecular formula is C31H28ClF3N2O4S. The van der Waals surface area contributed by atoms with Crippen molar-refractivity contribution in [3.8, 4) is 5.75 Å². The fraction of sp³-hybridized carbons (Fsp3) is 0.194. The number of rotatable bonds is 11. The van der Waals surface area contributed by atoms with E-state index in [2.05, 4.69) is 0 Å². The van der Waals surface area contributed by atoms with Gasteiger partial charge in [0.2, 0.25) is 0 Å². The lowest BCUT2D eigenvalue weighted by molar-refractivity contribution is 0.0787. The minimum absolute atomic E-state index is 0.156. The Kier molecular flexibility index (Phi) is 9.80. The zero-order valence-corrected chi connectivity index (χ0v) is 24.4. The van der Waals surface area contributed by atoms with Gasteiger partial charge in [-0.1, -0.05) is 35.9 Å². The summed E-state index contributed by atoms with van der Waals surface area (Å²) in [6.45, 7) is 2.01. The van der Waals surface area contributed by atoms with Gasteiger partial charge in [-0.3, -0.25) is 9.10 Å².